The van der Waals surface area contributed by atoms with E-state index in [1.54, 1.807) is 0 Å². The molecule has 1 saturated heterocycles. The van der Waals surface area contributed by atoms with Crippen molar-refractivity contribution >= 4 is 23.8 Å². The number of rotatable bonds is 1. The van der Waals surface area contributed by atoms with Gasteiger partial charge in [-0.05, 0) is 44.9 Å². The Balaban J connectivity index is 2.01. The second kappa shape index (κ2) is 4.51. The summed E-state index contributed by atoms with van der Waals surface area (Å²) in [7, 11) is 0. The van der Waals surface area contributed by atoms with Gasteiger partial charge < -0.3 is 10.6 Å². The molecule has 19 heavy (non-hydrogen) atoms. The third kappa shape index (κ3) is 1.97. The molecule has 2 fully saturated rings. The topological polar surface area (TPSA) is 58.2 Å². The number of fused-ring (bicyclic) bond motifs is 1. The Kier molecular flexibility index (Phi) is 3.08. The van der Waals surface area contributed by atoms with Crippen molar-refractivity contribution in [2.45, 2.75) is 61.9 Å². The molecule has 0 aromatic rings. The highest BCUT2D eigenvalue weighted by Gasteiger charge is 2.52. The van der Waals surface area contributed by atoms with Gasteiger partial charge in [-0.25, -0.2) is 0 Å². The van der Waals surface area contributed by atoms with Gasteiger partial charge in [-0.1, -0.05) is 6.42 Å². The van der Waals surface area contributed by atoms with Crippen molar-refractivity contribution in [3.8, 4) is 0 Å². The molecular weight excluding hydrogens is 264 g/mol. The molecule has 1 atom stereocenters. The number of allylic oxidation sites excluding steroid dienone is 1. The highest BCUT2D eigenvalue weighted by molar-refractivity contribution is 6.37. The van der Waals surface area contributed by atoms with E-state index in [1.807, 2.05) is 0 Å². The van der Waals surface area contributed by atoms with Gasteiger partial charge in [0.1, 0.15) is 11.9 Å². The summed E-state index contributed by atoms with van der Waals surface area (Å²) in [5, 5.41) is 6.51. The fourth-order valence-electron chi connectivity index (χ4n) is 3.54. The Morgan fingerprint density at radius 1 is 1.05 bits per heavy atom. The van der Waals surface area contributed by atoms with E-state index >= 15 is 0 Å². The molecule has 1 unspecified atom stereocenters. The number of alkyl halides is 1. The van der Waals surface area contributed by atoms with Crippen molar-refractivity contribution in [3.63, 3.8) is 0 Å². The van der Waals surface area contributed by atoms with E-state index in [0.717, 1.165) is 38.4 Å². The summed E-state index contributed by atoms with van der Waals surface area (Å²) in [4.78, 5) is 22.6. The van der Waals surface area contributed by atoms with Crippen LogP contribution in [0.4, 0.5) is 0 Å². The molecular formula is C14H19ClN2O2. The zero-order chi connectivity index (χ0) is 13.5. The van der Waals surface area contributed by atoms with Crippen molar-refractivity contribution < 1.29 is 9.59 Å². The largest absolute Gasteiger partial charge is 0.364 e. The molecule has 1 heterocycles. The molecule has 4 nitrogen and oxygen atoms in total. The number of carbonyl (C=O) groups excluding carboxylic acids is 2. The number of nitrogens with one attached hydrogen (secondary N) is 2. The van der Waals surface area contributed by atoms with Crippen molar-refractivity contribution in [2.24, 2.45) is 0 Å². The number of hydrogen-bond acceptors (Lipinski definition) is 3. The molecule has 3 rings (SSSR count). The second-order valence-electron chi connectivity index (χ2n) is 5.89. The van der Waals surface area contributed by atoms with Gasteiger partial charge in [0.15, 0.2) is 4.87 Å². The molecule has 0 aromatic carbocycles. The standard InChI is InChI=1S/C14H19ClN2O2/c15-14-8-4-5-10(9-18)11(14)16-13(17-12(14)19)6-2-1-3-7-13/h9,16H,1-8H2,(H,17,19). The molecule has 104 valence electrons. The van der Waals surface area contributed by atoms with Crippen LogP contribution in [0.1, 0.15) is 51.4 Å². The Morgan fingerprint density at radius 3 is 2.47 bits per heavy atom. The molecule has 2 aliphatic carbocycles. The first-order valence-corrected chi connectivity index (χ1v) is 7.46. The van der Waals surface area contributed by atoms with Crippen LogP contribution in [-0.2, 0) is 9.59 Å². The molecule has 0 bridgehead atoms. The first-order valence-electron chi connectivity index (χ1n) is 7.08. The van der Waals surface area contributed by atoms with E-state index in [-0.39, 0.29) is 11.6 Å². The maximum Gasteiger partial charge on any atom is 0.249 e. The average Bonchev–Trinajstić information content (AvgIpc) is 2.41. The first-order chi connectivity index (χ1) is 9.10. The lowest BCUT2D eigenvalue weighted by molar-refractivity contribution is -0.128. The zero-order valence-electron chi connectivity index (χ0n) is 10.9. The van der Waals surface area contributed by atoms with Gasteiger partial charge in [-0.3, -0.25) is 9.59 Å². The minimum atomic E-state index is -1.06. The number of aldehydes is 1. The van der Waals surface area contributed by atoms with Gasteiger partial charge in [0.05, 0.1) is 0 Å². The van der Waals surface area contributed by atoms with Gasteiger partial charge in [-0.2, -0.15) is 0 Å². The highest BCUT2D eigenvalue weighted by Crippen LogP contribution is 2.43. The fourth-order valence-corrected chi connectivity index (χ4v) is 3.89. The Bertz CT molecular complexity index is 454. The minimum Gasteiger partial charge on any atom is -0.364 e. The van der Waals surface area contributed by atoms with Crippen LogP contribution < -0.4 is 10.6 Å². The van der Waals surface area contributed by atoms with E-state index < -0.39 is 4.87 Å². The molecule has 1 aliphatic heterocycles. The van der Waals surface area contributed by atoms with Gasteiger partial charge >= 0.3 is 0 Å². The maximum atomic E-state index is 12.5. The summed E-state index contributed by atoms with van der Waals surface area (Å²) in [6.07, 6.45) is 8.13. The van der Waals surface area contributed by atoms with Crippen LogP contribution in [-0.4, -0.2) is 22.7 Å². The Hall–Kier alpha value is -1.03. The zero-order valence-corrected chi connectivity index (χ0v) is 11.7. The van der Waals surface area contributed by atoms with E-state index in [9.17, 15) is 9.59 Å². The normalized spacial score (nSPS) is 33.4. The van der Waals surface area contributed by atoms with Gasteiger partial charge in [0.2, 0.25) is 5.91 Å². The minimum absolute atomic E-state index is 0.135. The van der Waals surface area contributed by atoms with Crippen LogP contribution in [0.15, 0.2) is 11.3 Å². The van der Waals surface area contributed by atoms with Crippen LogP contribution in [0.3, 0.4) is 0 Å². The van der Waals surface area contributed by atoms with E-state index in [4.69, 9.17) is 11.6 Å². The molecule has 1 saturated carbocycles. The van der Waals surface area contributed by atoms with Crippen LogP contribution in [0.25, 0.3) is 0 Å². The average molecular weight is 283 g/mol. The maximum absolute atomic E-state index is 12.5. The van der Waals surface area contributed by atoms with Crippen LogP contribution in [0, 0.1) is 0 Å². The van der Waals surface area contributed by atoms with Gasteiger partial charge in [-0.15, -0.1) is 11.6 Å². The third-order valence-corrected chi connectivity index (χ3v) is 5.16. The van der Waals surface area contributed by atoms with Crippen LogP contribution in [0.5, 0.6) is 0 Å². The lowest BCUT2D eigenvalue weighted by Crippen LogP contribution is -2.70. The summed E-state index contributed by atoms with van der Waals surface area (Å²) in [6, 6.07) is 0. The monoisotopic (exact) mass is 282 g/mol. The molecule has 0 aromatic heterocycles. The molecule has 0 radical (unpaired) electrons. The van der Waals surface area contributed by atoms with E-state index in [2.05, 4.69) is 10.6 Å². The second-order valence-corrected chi connectivity index (χ2v) is 6.54. The summed E-state index contributed by atoms with van der Waals surface area (Å²) in [5.74, 6) is -0.135. The number of halogens is 1. The van der Waals surface area contributed by atoms with Crippen molar-refractivity contribution in [3.05, 3.63) is 11.3 Å². The van der Waals surface area contributed by atoms with Crippen molar-refractivity contribution in [1.82, 2.24) is 10.6 Å². The Labute approximate surface area is 118 Å². The molecule has 1 spiro atoms. The fraction of sp³-hybridized carbons (Fsp3) is 0.714. The number of carbonyl (C=O) groups is 2. The first kappa shape index (κ1) is 13.0. The summed E-state index contributed by atoms with van der Waals surface area (Å²) >= 11 is 6.51. The summed E-state index contributed by atoms with van der Waals surface area (Å²) in [6.45, 7) is 0. The quantitative estimate of drug-likeness (QED) is 0.571. The molecule has 3 aliphatic rings. The SMILES string of the molecule is O=CC1=C2NC3(CCCCC3)NC(=O)C2(Cl)CCC1. The van der Waals surface area contributed by atoms with E-state index in [0.29, 0.717) is 24.1 Å². The summed E-state index contributed by atoms with van der Waals surface area (Å²) in [5.41, 5.74) is 0.955. The number of hydrogen-bond donors (Lipinski definition) is 2. The highest BCUT2D eigenvalue weighted by atomic mass is 35.5. The predicted octanol–water partition coefficient (Wildman–Crippen LogP) is 1.98. The van der Waals surface area contributed by atoms with Crippen molar-refractivity contribution in [2.75, 3.05) is 0 Å². The van der Waals surface area contributed by atoms with Gasteiger partial charge in [0.25, 0.3) is 0 Å². The van der Waals surface area contributed by atoms with Crippen LogP contribution in [0.2, 0.25) is 0 Å². The third-order valence-electron chi connectivity index (χ3n) is 4.61. The molecule has 1 amide bonds. The van der Waals surface area contributed by atoms with Gasteiger partial charge in [0, 0.05) is 11.3 Å². The predicted molar refractivity (Wildman–Crippen MR) is 72.6 cm³/mol. The lowest BCUT2D eigenvalue weighted by atomic mass is 9.79. The molecule has 2 N–H and O–H groups in total. The lowest BCUT2D eigenvalue weighted by Gasteiger charge is -2.50. The molecule has 5 heteroatoms. The summed E-state index contributed by atoms with van der Waals surface area (Å²) < 4.78 is 0. The number of amides is 1. The Morgan fingerprint density at radius 2 is 1.79 bits per heavy atom. The smallest absolute Gasteiger partial charge is 0.249 e. The van der Waals surface area contributed by atoms with E-state index in [1.165, 1.54) is 6.42 Å². The van der Waals surface area contributed by atoms with Crippen LogP contribution >= 0.6 is 11.6 Å². The van der Waals surface area contributed by atoms with Crippen molar-refractivity contribution in [1.29, 1.82) is 0 Å².